The first kappa shape index (κ1) is 14.9. The van der Waals surface area contributed by atoms with Crippen LogP contribution in [0.15, 0.2) is 42.5 Å². The molecular formula is C18H20N2O. The van der Waals surface area contributed by atoms with Crippen LogP contribution in [0.1, 0.15) is 29.7 Å². The maximum atomic E-state index is 8.48. The van der Waals surface area contributed by atoms with E-state index in [1.165, 1.54) is 16.7 Å². The Balaban J connectivity index is 2.05. The van der Waals surface area contributed by atoms with Gasteiger partial charge in [-0.3, -0.25) is 0 Å². The second-order valence-corrected chi connectivity index (χ2v) is 5.26. The van der Waals surface area contributed by atoms with Crippen LogP contribution in [-0.2, 0) is 0 Å². The van der Waals surface area contributed by atoms with Crippen molar-refractivity contribution in [2.24, 2.45) is 0 Å². The highest BCUT2D eigenvalue weighted by Crippen LogP contribution is 2.23. The summed E-state index contributed by atoms with van der Waals surface area (Å²) in [5.74, 6) is 0.709. The molecule has 0 aliphatic carbocycles. The van der Waals surface area contributed by atoms with Crippen molar-refractivity contribution >= 4 is 5.69 Å². The first-order valence-corrected chi connectivity index (χ1v) is 7.03. The molecule has 0 saturated carbocycles. The largest absolute Gasteiger partial charge is 0.479 e. The number of nitrogens with zero attached hydrogens (tertiary/aromatic N) is 1. The van der Waals surface area contributed by atoms with Crippen LogP contribution >= 0.6 is 0 Å². The van der Waals surface area contributed by atoms with Gasteiger partial charge in [0, 0.05) is 11.7 Å². The quantitative estimate of drug-likeness (QED) is 0.884. The average molecular weight is 280 g/mol. The van der Waals surface area contributed by atoms with Gasteiger partial charge in [-0.2, -0.15) is 5.26 Å². The van der Waals surface area contributed by atoms with E-state index < -0.39 is 0 Å². The predicted molar refractivity (Wildman–Crippen MR) is 85.5 cm³/mol. The topological polar surface area (TPSA) is 45.0 Å². The van der Waals surface area contributed by atoms with E-state index in [9.17, 15) is 0 Å². The van der Waals surface area contributed by atoms with E-state index in [2.05, 4.69) is 44.3 Å². The fourth-order valence-corrected chi connectivity index (χ4v) is 2.36. The zero-order valence-corrected chi connectivity index (χ0v) is 12.7. The summed E-state index contributed by atoms with van der Waals surface area (Å²) in [6.07, 6.45) is 0. The third-order valence-corrected chi connectivity index (χ3v) is 3.28. The lowest BCUT2D eigenvalue weighted by Crippen LogP contribution is -2.07. The first-order valence-electron chi connectivity index (χ1n) is 7.03. The van der Waals surface area contributed by atoms with Crippen molar-refractivity contribution in [3.63, 3.8) is 0 Å². The Hall–Kier alpha value is -2.47. The van der Waals surface area contributed by atoms with Crippen LogP contribution in [0.25, 0.3) is 0 Å². The van der Waals surface area contributed by atoms with Crippen LogP contribution in [0, 0.1) is 25.2 Å². The maximum absolute atomic E-state index is 8.48. The van der Waals surface area contributed by atoms with Crippen LogP contribution < -0.4 is 10.1 Å². The predicted octanol–water partition coefficient (Wildman–Crippen LogP) is 4.38. The summed E-state index contributed by atoms with van der Waals surface area (Å²) >= 11 is 0. The fraction of sp³-hybridized carbons (Fsp3) is 0.278. The molecule has 1 atom stereocenters. The van der Waals surface area contributed by atoms with Crippen molar-refractivity contribution in [1.29, 1.82) is 5.26 Å². The Labute approximate surface area is 126 Å². The van der Waals surface area contributed by atoms with Crippen molar-refractivity contribution in [2.75, 3.05) is 11.9 Å². The molecule has 0 radical (unpaired) electrons. The fourth-order valence-electron chi connectivity index (χ4n) is 2.36. The van der Waals surface area contributed by atoms with Crippen LogP contribution in [0.2, 0.25) is 0 Å². The molecule has 3 nitrogen and oxygen atoms in total. The van der Waals surface area contributed by atoms with Crippen LogP contribution in [0.3, 0.4) is 0 Å². The lowest BCUT2D eigenvalue weighted by Gasteiger charge is -2.17. The second-order valence-electron chi connectivity index (χ2n) is 5.26. The van der Waals surface area contributed by atoms with E-state index in [0.717, 1.165) is 5.69 Å². The SMILES string of the molecule is Cc1cc(C)cc(C(C)Nc2ccc(OCC#N)cc2)c1. The summed E-state index contributed by atoms with van der Waals surface area (Å²) < 4.78 is 5.24. The molecule has 0 aliphatic rings. The maximum Gasteiger partial charge on any atom is 0.174 e. The molecule has 108 valence electrons. The summed E-state index contributed by atoms with van der Waals surface area (Å²) in [4.78, 5) is 0. The van der Waals surface area contributed by atoms with Crippen LogP contribution in [0.4, 0.5) is 5.69 Å². The van der Waals surface area contributed by atoms with Crippen molar-refractivity contribution in [2.45, 2.75) is 26.8 Å². The molecule has 0 aliphatic heterocycles. The third kappa shape index (κ3) is 4.25. The molecular weight excluding hydrogens is 260 g/mol. The van der Waals surface area contributed by atoms with Gasteiger partial charge in [0.15, 0.2) is 6.61 Å². The molecule has 1 unspecified atom stereocenters. The van der Waals surface area contributed by atoms with Crippen LogP contribution in [-0.4, -0.2) is 6.61 Å². The van der Waals surface area contributed by atoms with E-state index >= 15 is 0 Å². The van der Waals surface area contributed by atoms with Crippen molar-refractivity contribution in [3.05, 3.63) is 59.2 Å². The van der Waals surface area contributed by atoms with Crippen molar-refractivity contribution in [3.8, 4) is 11.8 Å². The first-order chi connectivity index (χ1) is 10.1. The van der Waals surface area contributed by atoms with Crippen molar-refractivity contribution in [1.82, 2.24) is 0 Å². The molecule has 2 rings (SSSR count). The number of aryl methyl sites for hydroxylation is 2. The van der Waals surface area contributed by atoms with Gasteiger partial charge in [0.25, 0.3) is 0 Å². The van der Waals surface area contributed by atoms with Crippen LogP contribution in [0.5, 0.6) is 5.75 Å². The van der Waals surface area contributed by atoms with Crippen molar-refractivity contribution < 1.29 is 4.74 Å². The molecule has 3 heteroatoms. The molecule has 2 aromatic rings. The number of nitriles is 1. The lowest BCUT2D eigenvalue weighted by atomic mass is 10.0. The zero-order valence-electron chi connectivity index (χ0n) is 12.7. The normalized spacial score (nSPS) is 11.5. The highest BCUT2D eigenvalue weighted by atomic mass is 16.5. The molecule has 0 bridgehead atoms. The number of anilines is 1. The summed E-state index contributed by atoms with van der Waals surface area (Å²) in [5.41, 5.74) is 4.86. The summed E-state index contributed by atoms with van der Waals surface area (Å²) in [7, 11) is 0. The van der Waals surface area contributed by atoms with Gasteiger partial charge in [-0.25, -0.2) is 0 Å². The van der Waals surface area contributed by atoms with Gasteiger partial charge in [0.05, 0.1) is 0 Å². The number of benzene rings is 2. The molecule has 0 amide bonds. The minimum Gasteiger partial charge on any atom is -0.479 e. The van der Waals surface area contributed by atoms with Gasteiger partial charge < -0.3 is 10.1 Å². The summed E-state index contributed by atoms with van der Waals surface area (Å²) in [5, 5.41) is 12.0. The standard InChI is InChI=1S/C18H20N2O/c1-13-10-14(2)12-16(11-13)15(3)20-17-4-6-18(7-5-17)21-9-8-19/h4-7,10-12,15,20H,9H2,1-3H3. The number of ether oxygens (including phenoxy) is 1. The Morgan fingerprint density at radius 2 is 1.71 bits per heavy atom. The number of hydrogen-bond acceptors (Lipinski definition) is 3. The molecule has 0 fully saturated rings. The number of nitrogens with one attached hydrogen (secondary N) is 1. The van der Waals surface area contributed by atoms with Gasteiger partial charge >= 0.3 is 0 Å². The van der Waals surface area contributed by atoms with Gasteiger partial charge in [-0.15, -0.1) is 0 Å². The van der Waals surface area contributed by atoms with Gasteiger partial charge in [0.2, 0.25) is 0 Å². The molecule has 1 N–H and O–H groups in total. The van der Waals surface area contributed by atoms with E-state index in [-0.39, 0.29) is 12.6 Å². The van der Waals surface area contributed by atoms with Gasteiger partial charge in [-0.05, 0) is 50.6 Å². The highest BCUT2D eigenvalue weighted by molar-refractivity contribution is 5.48. The Bertz CT molecular complexity index is 621. The van der Waals surface area contributed by atoms with E-state index in [1.54, 1.807) is 0 Å². The molecule has 0 saturated heterocycles. The summed E-state index contributed by atoms with van der Waals surface area (Å²) in [6.45, 7) is 6.45. The zero-order chi connectivity index (χ0) is 15.2. The highest BCUT2D eigenvalue weighted by Gasteiger charge is 2.06. The molecule has 0 spiro atoms. The lowest BCUT2D eigenvalue weighted by molar-refractivity contribution is 0.368. The number of hydrogen-bond donors (Lipinski definition) is 1. The Morgan fingerprint density at radius 3 is 2.29 bits per heavy atom. The Kier molecular flexibility index (Phi) is 4.84. The smallest absolute Gasteiger partial charge is 0.174 e. The molecule has 0 aromatic heterocycles. The average Bonchev–Trinajstić information content (AvgIpc) is 2.45. The molecule has 0 heterocycles. The van der Waals surface area contributed by atoms with E-state index in [1.807, 2.05) is 30.3 Å². The molecule has 2 aromatic carbocycles. The second kappa shape index (κ2) is 6.81. The number of rotatable bonds is 5. The summed E-state index contributed by atoms with van der Waals surface area (Å²) in [6, 6.07) is 16.4. The Morgan fingerprint density at radius 1 is 1.10 bits per heavy atom. The minimum atomic E-state index is 0.0751. The monoisotopic (exact) mass is 280 g/mol. The van der Waals surface area contributed by atoms with E-state index in [4.69, 9.17) is 10.00 Å². The van der Waals surface area contributed by atoms with Gasteiger partial charge in [-0.1, -0.05) is 29.3 Å². The third-order valence-electron chi connectivity index (χ3n) is 3.28. The van der Waals surface area contributed by atoms with E-state index in [0.29, 0.717) is 5.75 Å². The minimum absolute atomic E-state index is 0.0751. The van der Waals surface area contributed by atoms with Gasteiger partial charge in [0.1, 0.15) is 11.8 Å². The molecule has 21 heavy (non-hydrogen) atoms.